The Morgan fingerprint density at radius 3 is 3.00 bits per heavy atom. The molecule has 0 aromatic carbocycles. The Morgan fingerprint density at radius 1 is 1.50 bits per heavy atom. The number of H-pyrrole nitrogens is 1. The number of aromatic nitrogens is 1. The number of aromatic amines is 1. The zero-order valence-corrected chi connectivity index (χ0v) is 8.82. The Kier molecular flexibility index (Phi) is 2.80. The second kappa shape index (κ2) is 4.26. The summed E-state index contributed by atoms with van der Waals surface area (Å²) in [5.41, 5.74) is 6.46. The standard InChI is InChI=1S/C10H14N4O2/c11-7-4-8(13-5-7)10(16)14-3-1-2-12-9(15)6-14/h4-5,13H,1-3,6,11H2,(H,12,15). The van der Waals surface area contributed by atoms with Gasteiger partial charge in [0.1, 0.15) is 5.69 Å². The fourth-order valence-electron chi connectivity index (χ4n) is 1.68. The molecule has 6 nitrogen and oxygen atoms in total. The topological polar surface area (TPSA) is 91.2 Å². The van der Waals surface area contributed by atoms with Crippen LogP contribution in [0, 0.1) is 0 Å². The molecule has 0 bridgehead atoms. The van der Waals surface area contributed by atoms with E-state index in [0.717, 1.165) is 6.42 Å². The van der Waals surface area contributed by atoms with Crippen LogP contribution in [0.4, 0.5) is 5.69 Å². The van der Waals surface area contributed by atoms with Gasteiger partial charge in [-0.25, -0.2) is 0 Å². The smallest absolute Gasteiger partial charge is 0.270 e. The highest BCUT2D eigenvalue weighted by molar-refractivity contribution is 5.96. The van der Waals surface area contributed by atoms with Crippen molar-refractivity contribution in [1.82, 2.24) is 15.2 Å². The summed E-state index contributed by atoms with van der Waals surface area (Å²) in [6, 6.07) is 1.57. The van der Waals surface area contributed by atoms with Crippen molar-refractivity contribution in [3.63, 3.8) is 0 Å². The van der Waals surface area contributed by atoms with Crippen molar-refractivity contribution in [2.24, 2.45) is 0 Å². The lowest BCUT2D eigenvalue weighted by atomic mass is 10.3. The average molecular weight is 222 g/mol. The zero-order chi connectivity index (χ0) is 11.5. The Morgan fingerprint density at radius 2 is 2.31 bits per heavy atom. The van der Waals surface area contributed by atoms with Crippen LogP contribution in [-0.2, 0) is 4.79 Å². The van der Waals surface area contributed by atoms with E-state index < -0.39 is 0 Å². The number of anilines is 1. The number of hydrogen-bond donors (Lipinski definition) is 3. The summed E-state index contributed by atoms with van der Waals surface area (Å²) in [6.45, 7) is 1.31. The van der Waals surface area contributed by atoms with Crippen LogP contribution in [0.25, 0.3) is 0 Å². The molecule has 2 amide bonds. The van der Waals surface area contributed by atoms with Crippen LogP contribution in [0.3, 0.4) is 0 Å². The molecule has 1 aliphatic rings. The van der Waals surface area contributed by atoms with Crippen LogP contribution in [0.5, 0.6) is 0 Å². The van der Waals surface area contributed by atoms with Gasteiger partial charge in [-0.1, -0.05) is 0 Å². The molecular weight excluding hydrogens is 208 g/mol. The first-order valence-corrected chi connectivity index (χ1v) is 5.16. The molecule has 0 spiro atoms. The third kappa shape index (κ3) is 2.16. The van der Waals surface area contributed by atoms with E-state index in [2.05, 4.69) is 10.3 Å². The second-order valence-corrected chi connectivity index (χ2v) is 3.78. The summed E-state index contributed by atoms with van der Waals surface area (Å²) in [4.78, 5) is 27.6. The number of rotatable bonds is 1. The zero-order valence-electron chi connectivity index (χ0n) is 8.82. The van der Waals surface area contributed by atoms with Gasteiger partial charge >= 0.3 is 0 Å². The third-order valence-electron chi connectivity index (χ3n) is 2.48. The van der Waals surface area contributed by atoms with Gasteiger partial charge in [0, 0.05) is 25.0 Å². The Balaban J connectivity index is 2.11. The van der Waals surface area contributed by atoms with E-state index in [0.29, 0.717) is 24.5 Å². The lowest BCUT2D eigenvalue weighted by Crippen LogP contribution is -2.37. The van der Waals surface area contributed by atoms with Gasteiger partial charge in [-0.15, -0.1) is 0 Å². The molecule has 0 atom stereocenters. The normalized spacial score (nSPS) is 16.8. The molecule has 1 fully saturated rings. The van der Waals surface area contributed by atoms with Gasteiger partial charge < -0.3 is 20.9 Å². The number of nitrogens with one attached hydrogen (secondary N) is 2. The summed E-state index contributed by atoms with van der Waals surface area (Å²) in [5.74, 6) is -0.306. The van der Waals surface area contributed by atoms with Crippen molar-refractivity contribution in [3.8, 4) is 0 Å². The number of nitrogens with two attached hydrogens (primary N) is 1. The number of hydrogen-bond acceptors (Lipinski definition) is 3. The Labute approximate surface area is 92.8 Å². The minimum absolute atomic E-state index is 0.109. The first-order chi connectivity index (χ1) is 7.66. The first kappa shape index (κ1) is 10.5. The molecular formula is C10H14N4O2. The molecule has 86 valence electrons. The van der Waals surface area contributed by atoms with E-state index in [-0.39, 0.29) is 18.4 Å². The first-order valence-electron chi connectivity index (χ1n) is 5.16. The number of carbonyl (C=O) groups excluding carboxylic acids is 2. The largest absolute Gasteiger partial charge is 0.397 e. The van der Waals surface area contributed by atoms with Gasteiger partial charge in [0.05, 0.1) is 6.54 Å². The van der Waals surface area contributed by atoms with Crippen molar-refractivity contribution in [2.45, 2.75) is 6.42 Å². The lowest BCUT2D eigenvalue weighted by molar-refractivity contribution is -0.121. The van der Waals surface area contributed by atoms with Crippen LogP contribution in [0.1, 0.15) is 16.9 Å². The number of nitrogen functional groups attached to an aromatic ring is 1. The monoisotopic (exact) mass is 222 g/mol. The highest BCUT2D eigenvalue weighted by Gasteiger charge is 2.21. The number of nitrogens with zero attached hydrogens (tertiary/aromatic N) is 1. The molecule has 6 heteroatoms. The van der Waals surface area contributed by atoms with Gasteiger partial charge in [0.25, 0.3) is 5.91 Å². The fraction of sp³-hybridized carbons (Fsp3) is 0.400. The van der Waals surface area contributed by atoms with Gasteiger partial charge in [0.15, 0.2) is 0 Å². The average Bonchev–Trinajstić information content (AvgIpc) is 2.56. The summed E-state index contributed by atoms with van der Waals surface area (Å²) in [7, 11) is 0. The maximum Gasteiger partial charge on any atom is 0.270 e. The van der Waals surface area contributed by atoms with Crippen molar-refractivity contribution in [1.29, 1.82) is 0 Å². The van der Waals surface area contributed by atoms with E-state index in [1.165, 1.54) is 4.90 Å². The maximum atomic E-state index is 12.0. The van der Waals surface area contributed by atoms with Gasteiger partial charge in [-0.05, 0) is 12.5 Å². The van der Waals surface area contributed by atoms with Crippen LogP contribution in [-0.4, -0.2) is 41.3 Å². The van der Waals surface area contributed by atoms with E-state index >= 15 is 0 Å². The van der Waals surface area contributed by atoms with Gasteiger partial charge in [0.2, 0.25) is 5.91 Å². The maximum absolute atomic E-state index is 12.0. The molecule has 16 heavy (non-hydrogen) atoms. The summed E-state index contributed by atoms with van der Waals surface area (Å²) in [5, 5.41) is 2.72. The molecule has 1 aromatic heterocycles. The molecule has 4 N–H and O–H groups in total. The summed E-state index contributed by atoms with van der Waals surface area (Å²) >= 11 is 0. The van der Waals surface area contributed by atoms with Crippen LogP contribution < -0.4 is 11.1 Å². The molecule has 2 rings (SSSR count). The van der Waals surface area contributed by atoms with Crippen LogP contribution in [0.2, 0.25) is 0 Å². The van der Waals surface area contributed by atoms with E-state index in [1.807, 2.05) is 0 Å². The Hall–Kier alpha value is -1.98. The second-order valence-electron chi connectivity index (χ2n) is 3.78. The SMILES string of the molecule is Nc1c[nH]c(C(=O)N2CCCNC(=O)C2)c1. The third-order valence-corrected chi connectivity index (χ3v) is 2.48. The van der Waals surface area contributed by atoms with Gasteiger partial charge in [-0.3, -0.25) is 9.59 Å². The molecule has 1 aliphatic heterocycles. The predicted octanol–water partition coefficient (Wildman–Crippen LogP) is -0.441. The molecule has 0 saturated carbocycles. The van der Waals surface area contributed by atoms with E-state index in [4.69, 9.17) is 5.73 Å². The molecule has 1 aromatic rings. The molecule has 0 aliphatic carbocycles. The number of carbonyl (C=O) groups is 2. The molecule has 1 saturated heterocycles. The van der Waals surface area contributed by atoms with Crippen LogP contribution >= 0.6 is 0 Å². The van der Waals surface area contributed by atoms with E-state index in [1.54, 1.807) is 12.3 Å². The predicted molar refractivity (Wildman–Crippen MR) is 58.7 cm³/mol. The molecule has 0 radical (unpaired) electrons. The highest BCUT2D eigenvalue weighted by atomic mass is 16.2. The van der Waals surface area contributed by atoms with Crippen molar-refractivity contribution in [2.75, 3.05) is 25.4 Å². The molecule has 0 unspecified atom stereocenters. The quantitative estimate of drug-likeness (QED) is 0.601. The number of amides is 2. The Bertz CT molecular complexity index is 413. The highest BCUT2D eigenvalue weighted by Crippen LogP contribution is 2.09. The summed E-state index contributed by atoms with van der Waals surface area (Å²) < 4.78 is 0. The minimum Gasteiger partial charge on any atom is -0.397 e. The van der Waals surface area contributed by atoms with Crippen molar-refractivity contribution >= 4 is 17.5 Å². The van der Waals surface area contributed by atoms with Gasteiger partial charge in [-0.2, -0.15) is 0 Å². The van der Waals surface area contributed by atoms with Crippen molar-refractivity contribution in [3.05, 3.63) is 18.0 Å². The fourth-order valence-corrected chi connectivity index (χ4v) is 1.68. The van der Waals surface area contributed by atoms with Crippen molar-refractivity contribution < 1.29 is 9.59 Å². The molecule has 2 heterocycles. The van der Waals surface area contributed by atoms with E-state index in [9.17, 15) is 9.59 Å². The minimum atomic E-state index is -0.186. The van der Waals surface area contributed by atoms with Crippen LogP contribution in [0.15, 0.2) is 12.3 Å². The lowest BCUT2D eigenvalue weighted by Gasteiger charge is -2.17. The summed E-state index contributed by atoms with van der Waals surface area (Å²) in [6.07, 6.45) is 2.33.